The molecule has 1 aliphatic heterocycles. The van der Waals surface area contributed by atoms with E-state index in [1.165, 1.54) is 26.0 Å². The number of aliphatic imine (C=N–C) groups is 1. The predicted molar refractivity (Wildman–Crippen MR) is 84.8 cm³/mol. The molecule has 1 aliphatic rings. The van der Waals surface area contributed by atoms with E-state index in [-0.39, 0.29) is 18.4 Å². The average Bonchev–Trinajstić information content (AvgIpc) is 3.04. The summed E-state index contributed by atoms with van der Waals surface area (Å²) < 4.78 is 10.2. The Morgan fingerprint density at radius 3 is 2.45 bits per heavy atom. The first-order chi connectivity index (χ1) is 10.6. The summed E-state index contributed by atoms with van der Waals surface area (Å²) in [7, 11) is 3.01. The number of nitrogens with one attached hydrogen (secondary N) is 2. The van der Waals surface area contributed by atoms with Gasteiger partial charge in [-0.1, -0.05) is 11.8 Å². The summed E-state index contributed by atoms with van der Waals surface area (Å²) in [5.41, 5.74) is 0.358. The molecule has 0 saturated carbocycles. The summed E-state index contributed by atoms with van der Waals surface area (Å²) in [6, 6.07) is 4.82. The maximum atomic E-state index is 12.1. The second-order valence-electron chi connectivity index (χ2n) is 4.37. The molecule has 0 aliphatic carbocycles. The average molecular weight is 323 g/mol. The second kappa shape index (κ2) is 7.69. The Labute approximate surface area is 132 Å². The lowest BCUT2D eigenvalue weighted by atomic mass is 10.2. The highest BCUT2D eigenvalue weighted by molar-refractivity contribution is 8.14. The molecule has 118 valence electrons. The number of methoxy groups -OCH3 is 2. The zero-order valence-corrected chi connectivity index (χ0v) is 13.2. The summed E-state index contributed by atoms with van der Waals surface area (Å²) in [5, 5.41) is 5.79. The smallest absolute Gasteiger partial charge is 0.251 e. The number of carbonyl (C=O) groups excluding carboxylic acids is 2. The highest BCUT2D eigenvalue weighted by Crippen LogP contribution is 2.22. The Kier molecular flexibility index (Phi) is 5.65. The van der Waals surface area contributed by atoms with Crippen LogP contribution in [0.15, 0.2) is 23.2 Å². The largest absolute Gasteiger partial charge is 0.497 e. The number of hydrogen-bond acceptors (Lipinski definition) is 6. The quantitative estimate of drug-likeness (QED) is 0.831. The lowest BCUT2D eigenvalue weighted by molar-refractivity contribution is -0.118. The number of hydrogen-bond donors (Lipinski definition) is 2. The Balaban J connectivity index is 1.92. The molecular weight excluding hydrogens is 306 g/mol. The van der Waals surface area contributed by atoms with Gasteiger partial charge in [-0.3, -0.25) is 14.6 Å². The third-order valence-corrected chi connectivity index (χ3v) is 3.75. The molecule has 8 heteroatoms. The van der Waals surface area contributed by atoms with E-state index < -0.39 is 0 Å². The molecule has 7 nitrogen and oxygen atoms in total. The van der Waals surface area contributed by atoms with Crippen molar-refractivity contribution < 1.29 is 19.1 Å². The first kappa shape index (κ1) is 16.2. The van der Waals surface area contributed by atoms with Crippen LogP contribution >= 0.6 is 11.8 Å². The summed E-state index contributed by atoms with van der Waals surface area (Å²) >= 11 is 1.48. The lowest BCUT2D eigenvalue weighted by Gasteiger charge is -2.09. The maximum Gasteiger partial charge on any atom is 0.251 e. The van der Waals surface area contributed by atoms with Crippen LogP contribution in [0.1, 0.15) is 10.4 Å². The third-order valence-electron chi connectivity index (χ3n) is 2.85. The minimum absolute atomic E-state index is 0.127. The number of rotatable bonds is 5. The lowest BCUT2D eigenvalue weighted by Crippen LogP contribution is -2.38. The molecule has 0 unspecified atom stereocenters. The Morgan fingerprint density at radius 1 is 1.23 bits per heavy atom. The highest BCUT2D eigenvalue weighted by atomic mass is 32.2. The van der Waals surface area contributed by atoms with Crippen LogP contribution in [-0.2, 0) is 4.79 Å². The number of ether oxygens (including phenoxy) is 2. The zero-order chi connectivity index (χ0) is 15.9. The van der Waals surface area contributed by atoms with Crippen LogP contribution in [0.2, 0.25) is 0 Å². The van der Waals surface area contributed by atoms with Gasteiger partial charge in [-0.2, -0.15) is 0 Å². The minimum Gasteiger partial charge on any atom is -0.497 e. The van der Waals surface area contributed by atoms with Gasteiger partial charge in [0.25, 0.3) is 5.91 Å². The molecule has 0 saturated heterocycles. The number of carbonyl (C=O) groups is 2. The van der Waals surface area contributed by atoms with Gasteiger partial charge in [0.05, 0.1) is 27.3 Å². The van der Waals surface area contributed by atoms with Gasteiger partial charge in [-0.25, -0.2) is 0 Å². The van der Waals surface area contributed by atoms with Crippen molar-refractivity contribution in [1.82, 2.24) is 10.6 Å². The second-order valence-corrected chi connectivity index (χ2v) is 5.45. The Morgan fingerprint density at radius 2 is 1.91 bits per heavy atom. The van der Waals surface area contributed by atoms with E-state index in [2.05, 4.69) is 15.6 Å². The first-order valence-electron chi connectivity index (χ1n) is 6.60. The van der Waals surface area contributed by atoms with Crippen molar-refractivity contribution in [1.29, 1.82) is 0 Å². The number of nitrogens with zero attached hydrogens (tertiary/aromatic N) is 1. The van der Waals surface area contributed by atoms with Gasteiger partial charge in [-0.05, 0) is 12.1 Å². The molecule has 0 fully saturated rings. The maximum absolute atomic E-state index is 12.1. The number of amides is 2. The molecule has 0 atom stereocenters. The number of thioether (sulfide) groups is 1. The molecule has 0 aromatic heterocycles. The van der Waals surface area contributed by atoms with E-state index in [0.717, 1.165) is 5.75 Å². The van der Waals surface area contributed by atoms with Crippen molar-refractivity contribution in [2.24, 2.45) is 4.99 Å². The monoisotopic (exact) mass is 323 g/mol. The fourth-order valence-corrected chi connectivity index (χ4v) is 2.52. The molecule has 2 rings (SSSR count). The molecule has 0 bridgehead atoms. The van der Waals surface area contributed by atoms with Crippen molar-refractivity contribution in [3.63, 3.8) is 0 Å². The van der Waals surface area contributed by atoms with E-state index >= 15 is 0 Å². The van der Waals surface area contributed by atoms with Gasteiger partial charge in [-0.15, -0.1) is 0 Å². The van der Waals surface area contributed by atoms with Crippen LogP contribution in [0.4, 0.5) is 0 Å². The third kappa shape index (κ3) is 4.39. The van der Waals surface area contributed by atoms with Crippen molar-refractivity contribution in [2.75, 3.05) is 33.1 Å². The van der Waals surface area contributed by atoms with Gasteiger partial charge >= 0.3 is 0 Å². The fraction of sp³-hybridized carbons (Fsp3) is 0.357. The van der Waals surface area contributed by atoms with Crippen LogP contribution in [-0.4, -0.2) is 50.0 Å². The van der Waals surface area contributed by atoms with Crippen molar-refractivity contribution in [2.45, 2.75) is 0 Å². The van der Waals surface area contributed by atoms with Crippen LogP contribution in [0.5, 0.6) is 11.5 Å². The summed E-state index contributed by atoms with van der Waals surface area (Å²) in [5.74, 6) is 1.19. The number of amidine groups is 1. The van der Waals surface area contributed by atoms with E-state index in [4.69, 9.17) is 9.47 Å². The molecule has 1 heterocycles. The van der Waals surface area contributed by atoms with Gasteiger partial charge < -0.3 is 20.1 Å². The fourth-order valence-electron chi connectivity index (χ4n) is 1.78. The Bertz CT molecular complexity index is 582. The first-order valence-corrected chi connectivity index (χ1v) is 7.59. The minimum atomic E-state index is -0.381. The van der Waals surface area contributed by atoms with E-state index in [0.29, 0.717) is 28.8 Å². The summed E-state index contributed by atoms with van der Waals surface area (Å²) in [6.07, 6.45) is 0. The molecule has 0 radical (unpaired) electrons. The van der Waals surface area contributed by atoms with E-state index in [9.17, 15) is 9.59 Å². The van der Waals surface area contributed by atoms with Crippen molar-refractivity contribution in [3.05, 3.63) is 23.8 Å². The van der Waals surface area contributed by atoms with Crippen LogP contribution in [0.3, 0.4) is 0 Å². The van der Waals surface area contributed by atoms with Crippen molar-refractivity contribution >= 4 is 28.7 Å². The topological polar surface area (TPSA) is 89.0 Å². The molecule has 2 amide bonds. The van der Waals surface area contributed by atoms with Gasteiger partial charge in [0.1, 0.15) is 11.5 Å². The molecule has 0 spiro atoms. The Hall–Kier alpha value is -2.22. The zero-order valence-electron chi connectivity index (χ0n) is 12.3. The van der Waals surface area contributed by atoms with Gasteiger partial charge in [0, 0.05) is 17.4 Å². The molecule has 2 N–H and O–H groups in total. The summed E-state index contributed by atoms with van der Waals surface area (Å²) in [4.78, 5) is 27.9. The summed E-state index contributed by atoms with van der Waals surface area (Å²) in [6.45, 7) is 0.578. The van der Waals surface area contributed by atoms with Crippen LogP contribution in [0.25, 0.3) is 0 Å². The highest BCUT2D eigenvalue weighted by Gasteiger charge is 2.14. The predicted octanol–water partition coefficient (Wildman–Crippen LogP) is 0.653. The van der Waals surface area contributed by atoms with Gasteiger partial charge in [0.2, 0.25) is 5.91 Å². The normalized spacial score (nSPS) is 13.3. The number of benzene rings is 1. The molecule has 22 heavy (non-hydrogen) atoms. The van der Waals surface area contributed by atoms with Crippen LogP contribution in [0, 0.1) is 0 Å². The van der Waals surface area contributed by atoms with Gasteiger partial charge in [0.15, 0.2) is 5.17 Å². The molecule has 1 aromatic carbocycles. The van der Waals surface area contributed by atoms with Crippen molar-refractivity contribution in [3.8, 4) is 11.5 Å². The van der Waals surface area contributed by atoms with Crippen LogP contribution < -0.4 is 20.1 Å². The SMILES string of the molecule is COc1cc(OC)cc(C(=O)NCC(=O)NC2=NCCS2)c1. The molecule has 1 aromatic rings. The molecular formula is C14H17N3O4S. The van der Waals surface area contributed by atoms with E-state index in [1.807, 2.05) is 0 Å². The van der Waals surface area contributed by atoms with E-state index in [1.54, 1.807) is 18.2 Å². The standard InChI is InChI=1S/C14H17N3O4S/c1-20-10-5-9(6-11(7-10)21-2)13(19)16-8-12(18)17-14-15-3-4-22-14/h5-7H,3-4,8H2,1-2H3,(H,16,19)(H,15,17,18).